The minimum absolute atomic E-state index is 0.191. The number of H-pyrrole nitrogens is 1. The first-order chi connectivity index (χ1) is 4.63. The summed E-state index contributed by atoms with van der Waals surface area (Å²) >= 11 is 0. The molecule has 1 heterocycles. The van der Waals surface area contributed by atoms with E-state index >= 15 is 0 Å². The van der Waals surface area contributed by atoms with Crippen LogP contribution in [0.2, 0.25) is 0 Å². The van der Waals surface area contributed by atoms with E-state index < -0.39 is 5.63 Å². The summed E-state index contributed by atoms with van der Waals surface area (Å²) in [6, 6.07) is 0. The smallest absolute Gasteiger partial charge is 0.338 e. The number of Topliss-reactive ketones (excluding diaryl/α,β-unsaturated/α-hetero) is 1. The quantitative estimate of drug-likeness (QED) is 0.578. The highest BCUT2D eigenvalue weighted by Gasteiger charge is 2.09. The average molecular weight is 141 g/mol. The zero-order valence-corrected chi connectivity index (χ0v) is 5.72. The molecule has 1 aromatic rings. The molecule has 0 spiro atoms. The molecule has 0 unspecified atom stereocenters. The van der Waals surface area contributed by atoms with Crippen molar-refractivity contribution >= 4 is 5.78 Å². The summed E-state index contributed by atoms with van der Waals surface area (Å²) in [5.74, 6) is -0.191. The molecule has 10 heavy (non-hydrogen) atoms. The Morgan fingerprint density at radius 3 is 2.40 bits per heavy atom. The first kappa shape index (κ1) is 6.80. The lowest BCUT2D eigenvalue weighted by atomic mass is 10.2. The second-order valence-corrected chi connectivity index (χ2v) is 2.05. The Labute approximate surface area is 56.8 Å². The lowest BCUT2D eigenvalue weighted by Gasteiger charge is -1.84. The van der Waals surface area contributed by atoms with Gasteiger partial charge in [-0.1, -0.05) is 0 Å². The minimum atomic E-state index is -0.481. The maximum absolute atomic E-state index is 10.6. The van der Waals surface area contributed by atoms with Gasteiger partial charge in [-0.3, -0.25) is 4.79 Å². The van der Waals surface area contributed by atoms with Gasteiger partial charge in [-0.25, -0.2) is 9.95 Å². The highest BCUT2D eigenvalue weighted by molar-refractivity contribution is 5.93. The van der Waals surface area contributed by atoms with Crippen LogP contribution in [0.5, 0.6) is 0 Å². The maximum Gasteiger partial charge on any atom is 0.360 e. The topological polar surface area (TPSA) is 63.1 Å². The van der Waals surface area contributed by atoms with E-state index in [0.29, 0.717) is 5.56 Å². The van der Waals surface area contributed by atoms with Gasteiger partial charge in [-0.2, -0.15) is 0 Å². The fraction of sp³-hybridized carbons (Fsp3) is 0.333. The summed E-state index contributed by atoms with van der Waals surface area (Å²) in [5, 5.41) is 2.24. The number of aromatic amines is 1. The highest BCUT2D eigenvalue weighted by Crippen LogP contribution is 1.98. The lowest BCUT2D eigenvalue weighted by molar-refractivity contribution is 0.100. The van der Waals surface area contributed by atoms with Gasteiger partial charge in [0.1, 0.15) is 5.69 Å². The summed E-state index contributed by atoms with van der Waals surface area (Å²) in [5.41, 5.74) is 0.114. The number of carbonyl (C=O) groups is 1. The molecule has 1 rings (SSSR count). The third-order valence-electron chi connectivity index (χ3n) is 1.28. The van der Waals surface area contributed by atoms with Crippen LogP contribution in [0.15, 0.2) is 9.32 Å². The van der Waals surface area contributed by atoms with Crippen LogP contribution < -0.4 is 5.63 Å². The number of hydrogen-bond acceptors (Lipinski definition) is 3. The van der Waals surface area contributed by atoms with Crippen molar-refractivity contribution in [1.82, 2.24) is 5.16 Å². The molecule has 0 radical (unpaired) electrons. The van der Waals surface area contributed by atoms with E-state index in [9.17, 15) is 9.59 Å². The first-order valence-electron chi connectivity index (χ1n) is 2.82. The molecule has 0 aliphatic carbocycles. The number of hydrogen-bond donors (Lipinski definition) is 1. The number of nitrogens with one attached hydrogen (secondary N) is 1. The average Bonchev–Trinajstić information content (AvgIpc) is 2.14. The van der Waals surface area contributed by atoms with E-state index in [4.69, 9.17) is 0 Å². The van der Waals surface area contributed by atoms with Crippen molar-refractivity contribution in [3.8, 4) is 0 Å². The van der Waals surface area contributed by atoms with Gasteiger partial charge < -0.3 is 4.52 Å². The molecule has 4 nitrogen and oxygen atoms in total. The van der Waals surface area contributed by atoms with E-state index in [0.717, 1.165) is 0 Å². The highest BCUT2D eigenvalue weighted by atomic mass is 16.5. The molecule has 0 amide bonds. The monoisotopic (exact) mass is 141 g/mol. The van der Waals surface area contributed by atoms with E-state index in [1.807, 2.05) is 0 Å². The van der Waals surface area contributed by atoms with Crippen LogP contribution in [0.4, 0.5) is 0 Å². The molecule has 0 bridgehead atoms. The van der Waals surface area contributed by atoms with Gasteiger partial charge in [0.05, 0.1) is 5.56 Å². The van der Waals surface area contributed by atoms with Gasteiger partial charge in [0, 0.05) is 6.92 Å². The summed E-state index contributed by atoms with van der Waals surface area (Å²) < 4.78 is 4.36. The number of ketones is 1. The fourth-order valence-electron chi connectivity index (χ4n) is 0.688. The van der Waals surface area contributed by atoms with E-state index in [1.165, 1.54) is 6.92 Å². The molecule has 1 N–H and O–H groups in total. The summed E-state index contributed by atoms with van der Waals surface area (Å²) in [6.07, 6.45) is 0. The molecule has 0 aliphatic rings. The molecule has 0 saturated carbocycles. The summed E-state index contributed by atoms with van der Waals surface area (Å²) in [6.45, 7) is 2.91. The van der Waals surface area contributed by atoms with Gasteiger partial charge in [0.25, 0.3) is 0 Å². The Morgan fingerprint density at radius 1 is 1.60 bits per heavy atom. The number of carbonyl (C=O) groups excluding carboxylic acids is 1. The third kappa shape index (κ3) is 0.877. The van der Waals surface area contributed by atoms with Gasteiger partial charge >= 0.3 is 5.63 Å². The molecule has 0 aliphatic heterocycles. The summed E-state index contributed by atoms with van der Waals surface area (Å²) in [7, 11) is 0. The molecule has 0 aromatic carbocycles. The molecule has 0 saturated heterocycles. The van der Waals surface area contributed by atoms with E-state index in [2.05, 4.69) is 9.68 Å². The Kier molecular flexibility index (Phi) is 1.45. The predicted molar refractivity (Wildman–Crippen MR) is 34.1 cm³/mol. The van der Waals surface area contributed by atoms with E-state index in [-0.39, 0.29) is 11.5 Å². The van der Waals surface area contributed by atoms with Crippen LogP contribution in [0.1, 0.15) is 23.0 Å². The van der Waals surface area contributed by atoms with Crippen molar-refractivity contribution in [3.63, 3.8) is 0 Å². The van der Waals surface area contributed by atoms with Crippen molar-refractivity contribution < 1.29 is 9.32 Å². The Balaban J connectivity index is 3.31. The molecular formula is C6H7NO3. The lowest BCUT2D eigenvalue weighted by Crippen LogP contribution is -2.00. The predicted octanol–water partition coefficient (Wildman–Crippen LogP) is 0.479. The molecule has 0 fully saturated rings. The van der Waals surface area contributed by atoms with Gasteiger partial charge in [0.15, 0.2) is 5.78 Å². The molecule has 54 valence electrons. The Bertz CT molecular complexity index is 307. The van der Waals surface area contributed by atoms with Crippen molar-refractivity contribution in [2.45, 2.75) is 13.8 Å². The SMILES string of the molecule is CC(=O)c1[nH]oc(=O)c1C. The molecule has 4 heteroatoms. The van der Waals surface area contributed by atoms with Crippen LogP contribution in [-0.2, 0) is 0 Å². The zero-order valence-electron chi connectivity index (χ0n) is 5.72. The summed E-state index contributed by atoms with van der Waals surface area (Å²) in [4.78, 5) is 21.2. The number of aromatic nitrogens is 1. The van der Waals surface area contributed by atoms with Gasteiger partial charge in [-0.15, -0.1) is 0 Å². The second-order valence-electron chi connectivity index (χ2n) is 2.05. The standard InChI is InChI=1S/C6H7NO3/c1-3-5(4(2)8)7-10-6(3)9/h7H,1-2H3. The molecular weight excluding hydrogens is 134 g/mol. The van der Waals surface area contributed by atoms with Crippen LogP contribution in [-0.4, -0.2) is 10.9 Å². The second kappa shape index (κ2) is 2.13. The third-order valence-corrected chi connectivity index (χ3v) is 1.28. The largest absolute Gasteiger partial charge is 0.360 e. The van der Waals surface area contributed by atoms with Gasteiger partial charge in [0.2, 0.25) is 0 Å². The van der Waals surface area contributed by atoms with Crippen LogP contribution in [0.25, 0.3) is 0 Å². The van der Waals surface area contributed by atoms with Gasteiger partial charge in [-0.05, 0) is 6.92 Å². The Morgan fingerprint density at radius 2 is 2.20 bits per heavy atom. The van der Waals surface area contributed by atoms with Crippen molar-refractivity contribution in [2.24, 2.45) is 0 Å². The van der Waals surface area contributed by atoms with Crippen LogP contribution in [0.3, 0.4) is 0 Å². The van der Waals surface area contributed by atoms with Crippen LogP contribution in [0, 0.1) is 6.92 Å². The molecule has 1 aromatic heterocycles. The van der Waals surface area contributed by atoms with Crippen molar-refractivity contribution in [1.29, 1.82) is 0 Å². The minimum Gasteiger partial charge on any atom is -0.338 e. The first-order valence-corrected chi connectivity index (χ1v) is 2.82. The zero-order chi connectivity index (χ0) is 7.72. The fourth-order valence-corrected chi connectivity index (χ4v) is 0.688. The van der Waals surface area contributed by atoms with E-state index in [1.54, 1.807) is 6.92 Å². The van der Waals surface area contributed by atoms with Crippen molar-refractivity contribution in [2.75, 3.05) is 0 Å². The van der Waals surface area contributed by atoms with Crippen LogP contribution >= 0.6 is 0 Å². The van der Waals surface area contributed by atoms with Crippen molar-refractivity contribution in [3.05, 3.63) is 21.7 Å². The number of rotatable bonds is 1. The molecule has 0 atom stereocenters. The normalized spacial score (nSPS) is 9.80. The Hall–Kier alpha value is -1.32. The maximum atomic E-state index is 10.6.